The molecule has 0 heterocycles. The molecule has 4 rings (SSSR count). The van der Waals surface area contributed by atoms with Crippen LogP contribution in [0.25, 0.3) is 0 Å². The lowest BCUT2D eigenvalue weighted by Gasteiger charge is -2.59. The highest BCUT2D eigenvalue weighted by Gasteiger charge is 2.63. The van der Waals surface area contributed by atoms with E-state index in [-0.39, 0.29) is 18.3 Å². The Morgan fingerprint density at radius 1 is 0.967 bits per heavy atom. The van der Waals surface area contributed by atoms with Crippen molar-refractivity contribution in [2.75, 3.05) is 19.8 Å². The third-order valence-corrected chi connectivity index (χ3v) is 5.94. The van der Waals surface area contributed by atoms with Crippen LogP contribution < -0.4 is 5.11 Å². The summed E-state index contributed by atoms with van der Waals surface area (Å²) in [6.07, 6.45) is -2.43. The summed E-state index contributed by atoms with van der Waals surface area (Å²) < 4.78 is 77.5. The maximum atomic E-state index is 12.9. The molecule has 170 valence electrons. The predicted molar refractivity (Wildman–Crippen MR) is 83.7 cm³/mol. The molecule has 2 unspecified atom stereocenters. The summed E-state index contributed by atoms with van der Waals surface area (Å²) in [5, 5.41) is 10.2. The van der Waals surface area contributed by atoms with E-state index in [4.69, 9.17) is 4.74 Å². The summed E-state index contributed by atoms with van der Waals surface area (Å²) in [6, 6.07) is 0. The Labute approximate surface area is 167 Å². The van der Waals surface area contributed by atoms with Crippen molar-refractivity contribution < 1.29 is 55.7 Å². The summed E-state index contributed by atoms with van der Waals surface area (Å²) in [5.41, 5.74) is -2.29. The van der Waals surface area contributed by atoms with Crippen LogP contribution in [0.4, 0.5) is 22.0 Å². The van der Waals surface area contributed by atoms with Crippen LogP contribution in [-0.2, 0) is 28.6 Å². The molecule has 0 saturated heterocycles. The van der Waals surface area contributed by atoms with Crippen LogP contribution >= 0.6 is 0 Å². The molecule has 0 amide bonds. The Morgan fingerprint density at radius 3 is 2.10 bits per heavy atom. The van der Waals surface area contributed by atoms with E-state index < -0.39 is 60.8 Å². The van der Waals surface area contributed by atoms with E-state index in [0.29, 0.717) is 25.7 Å². The minimum Gasteiger partial charge on any atom is -0.544 e. The molecule has 2 atom stereocenters. The molecule has 12 heteroatoms. The number of ether oxygens (including phenoxy) is 3. The summed E-state index contributed by atoms with van der Waals surface area (Å²) in [7, 11) is 0. The first-order valence-electron chi connectivity index (χ1n) is 9.37. The minimum absolute atomic E-state index is 0.00929. The van der Waals surface area contributed by atoms with Crippen molar-refractivity contribution in [3.63, 3.8) is 0 Å². The predicted octanol–water partition coefficient (Wildman–Crippen LogP) is 1.38. The number of aliphatic carboxylic acids is 1. The molecule has 0 aliphatic heterocycles. The number of carbonyl (C=O) groups excluding carboxylic acids is 3. The Kier molecular flexibility index (Phi) is 5.76. The SMILES string of the molecule is O=C(COCC(F)(F)C(=O)[O-])OC12CC3CC(C1)CC(C(=O)OCC(F)(F)F)(C3)C2. The third-order valence-electron chi connectivity index (χ3n) is 5.94. The van der Waals surface area contributed by atoms with E-state index in [1.54, 1.807) is 0 Å². The van der Waals surface area contributed by atoms with Gasteiger partial charge in [0, 0.05) is 6.42 Å². The largest absolute Gasteiger partial charge is 0.544 e. The number of rotatable bonds is 8. The smallest absolute Gasteiger partial charge is 0.422 e. The normalized spacial score (nSPS) is 32.7. The van der Waals surface area contributed by atoms with E-state index in [2.05, 4.69) is 9.47 Å². The molecular formula is C18H20F5O7-. The number of halogens is 5. The van der Waals surface area contributed by atoms with Crippen LogP contribution in [0.2, 0.25) is 0 Å². The first kappa shape index (κ1) is 22.7. The van der Waals surface area contributed by atoms with Gasteiger partial charge in [0.05, 0.1) is 5.41 Å². The van der Waals surface area contributed by atoms with E-state index >= 15 is 0 Å². The molecule has 0 N–H and O–H groups in total. The van der Waals surface area contributed by atoms with E-state index in [9.17, 15) is 41.4 Å². The molecule has 4 saturated carbocycles. The highest BCUT2D eigenvalue weighted by atomic mass is 19.4. The van der Waals surface area contributed by atoms with E-state index in [1.807, 2.05) is 0 Å². The summed E-state index contributed by atoms with van der Waals surface area (Å²) >= 11 is 0. The highest BCUT2D eigenvalue weighted by Crippen LogP contribution is 2.63. The van der Waals surface area contributed by atoms with Gasteiger partial charge in [-0.15, -0.1) is 0 Å². The van der Waals surface area contributed by atoms with Gasteiger partial charge in [0.25, 0.3) is 0 Å². The van der Waals surface area contributed by atoms with Crippen LogP contribution in [-0.4, -0.2) is 55.4 Å². The standard InChI is InChI=1S/C18H21F5O7/c19-17(20,13(25)26)8-28-6-12(24)30-16-4-10-1-11(5-16)3-15(2-10,7-16)14(27)29-9-18(21,22)23/h10-11H,1-9H2,(H,25,26)/p-1. The Balaban J connectivity index is 1.62. The second kappa shape index (κ2) is 7.61. The number of esters is 2. The molecule has 0 spiro atoms. The molecule has 30 heavy (non-hydrogen) atoms. The topological polar surface area (TPSA) is 102 Å². The summed E-state index contributed by atoms with van der Waals surface area (Å²) in [6.45, 7) is -4.21. The quantitative estimate of drug-likeness (QED) is 0.413. The lowest BCUT2D eigenvalue weighted by Crippen LogP contribution is -2.60. The Hall–Kier alpha value is -1.98. The molecular weight excluding hydrogens is 423 g/mol. The molecule has 0 aromatic rings. The molecule has 4 bridgehead atoms. The number of carboxylic acids is 1. The zero-order valence-electron chi connectivity index (χ0n) is 15.8. The molecule has 4 aliphatic rings. The maximum Gasteiger partial charge on any atom is 0.422 e. The fourth-order valence-corrected chi connectivity index (χ4v) is 5.43. The average Bonchev–Trinajstić information content (AvgIpc) is 2.56. The van der Waals surface area contributed by atoms with Gasteiger partial charge in [0.2, 0.25) is 0 Å². The zero-order chi connectivity index (χ0) is 22.4. The van der Waals surface area contributed by atoms with Gasteiger partial charge in [0.15, 0.2) is 6.61 Å². The molecule has 7 nitrogen and oxygen atoms in total. The van der Waals surface area contributed by atoms with Gasteiger partial charge in [-0.2, -0.15) is 22.0 Å². The highest BCUT2D eigenvalue weighted by molar-refractivity contribution is 5.78. The summed E-state index contributed by atoms with van der Waals surface area (Å²) in [5.74, 6) is -8.99. The zero-order valence-corrected chi connectivity index (χ0v) is 15.8. The average molecular weight is 443 g/mol. The lowest BCUT2D eigenvalue weighted by molar-refractivity contribution is -0.332. The van der Waals surface area contributed by atoms with Gasteiger partial charge >= 0.3 is 24.0 Å². The van der Waals surface area contributed by atoms with Crippen LogP contribution in [0.1, 0.15) is 38.5 Å². The van der Waals surface area contributed by atoms with Gasteiger partial charge in [-0.25, -0.2) is 4.79 Å². The third kappa shape index (κ3) is 4.84. The minimum atomic E-state index is -4.66. The van der Waals surface area contributed by atoms with Crippen molar-refractivity contribution in [2.45, 2.75) is 56.2 Å². The van der Waals surface area contributed by atoms with Crippen molar-refractivity contribution in [1.29, 1.82) is 0 Å². The van der Waals surface area contributed by atoms with Gasteiger partial charge in [-0.05, 0) is 43.9 Å². The van der Waals surface area contributed by atoms with Crippen molar-refractivity contribution in [2.24, 2.45) is 17.3 Å². The number of carboxylic acid groups (broad SMARTS) is 1. The number of hydrogen-bond donors (Lipinski definition) is 0. The molecule has 0 aromatic carbocycles. The molecule has 0 radical (unpaired) electrons. The first-order valence-corrected chi connectivity index (χ1v) is 9.37. The van der Waals surface area contributed by atoms with Gasteiger partial charge in [0.1, 0.15) is 24.8 Å². The van der Waals surface area contributed by atoms with E-state index in [1.165, 1.54) is 0 Å². The van der Waals surface area contributed by atoms with Crippen LogP contribution in [0.5, 0.6) is 0 Å². The molecule has 4 aliphatic carbocycles. The Morgan fingerprint density at radius 2 is 1.57 bits per heavy atom. The van der Waals surface area contributed by atoms with Crippen molar-refractivity contribution in [1.82, 2.24) is 0 Å². The second-order valence-corrected chi connectivity index (χ2v) is 8.57. The van der Waals surface area contributed by atoms with E-state index in [0.717, 1.165) is 6.42 Å². The van der Waals surface area contributed by atoms with Gasteiger partial charge in [-0.1, -0.05) is 0 Å². The van der Waals surface area contributed by atoms with Crippen molar-refractivity contribution in [3.05, 3.63) is 0 Å². The van der Waals surface area contributed by atoms with Crippen LogP contribution in [0.3, 0.4) is 0 Å². The van der Waals surface area contributed by atoms with Gasteiger partial charge < -0.3 is 24.1 Å². The number of hydrogen-bond acceptors (Lipinski definition) is 7. The second-order valence-electron chi connectivity index (χ2n) is 8.57. The first-order chi connectivity index (χ1) is 13.7. The summed E-state index contributed by atoms with van der Waals surface area (Å²) in [4.78, 5) is 34.8. The monoisotopic (exact) mass is 443 g/mol. The van der Waals surface area contributed by atoms with Gasteiger partial charge in [-0.3, -0.25) is 4.79 Å². The molecule has 4 fully saturated rings. The fourth-order valence-electron chi connectivity index (χ4n) is 5.43. The fraction of sp³-hybridized carbons (Fsp3) is 0.833. The maximum absolute atomic E-state index is 12.9. The number of carbonyl (C=O) groups is 3. The van der Waals surface area contributed by atoms with Crippen LogP contribution in [0.15, 0.2) is 0 Å². The molecule has 0 aromatic heterocycles. The van der Waals surface area contributed by atoms with Crippen molar-refractivity contribution in [3.8, 4) is 0 Å². The lowest BCUT2D eigenvalue weighted by atomic mass is 9.48. The van der Waals surface area contributed by atoms with Crippen molar-refractivity contribution >= 4 is 17.9 Å². The Bertz CT molecular complexity index is 706. The number of alkyl halides is 5. The van der Waals surface area contributed by atoms with Crippen LogP contribution in [0, 0.1) is 17.3 Å².